The highest BCUT2D eigenvalue weighted by molar-refractivity contribution is 7.88. The Morgan fingerprint density at radius 3 is 2.45 bits per heavy atom. The van der Waals surface area contributed by atoms with Crippen LogP contribution in [0.3, 0.4) is 0 Å². The van der Waals surface area contributed by atoms with Crippen LogP contribution >= 0.6 is 24.0 Å². The predicted octanol–water partition coefficient (Wildman–Crippen LogP) is 2.40. The van der Waals surface area contributed by atoms with Gasteiger partial charge >= 0.3 is 0 Å². The number of fused-ring (bicyclic) bond motifs is 2. The first-order valence-electron chi connectivity index (χ1n) is 7.04. The number of sulfonamides is 1. The van der Waals surface area contributed by atoms with Crippen molar-refractivity contribution in [1.29, 1.82) is 0 Å². The molecule has 1 heterocycles. The summed E-state index contributed by atoms with van der Waals surface area (Å²) in [5.74, 6) is -0.272. The molecule has 0 amide bonds. The summed E-state index contributed by atoms with van der Waals surface area (Å²) < 4.78 is 39.9. The number of hydrogen-bond acceptors (Lipinski definition) is 3. The van der Waals surface area contributed by atoms with Gasteiger partial charge in [0.25, 0.3) is 0 Å². The SMILES string of the molecule is Cl.NC1[C@@H]2CC[C@H]1CN(S(=O)(=O)Cc1cc(F)ccc1Cl)C2. The first-order chi connectivity index (χ1) is 9.87. The van der Waals surface area contributed by atoms with Crippen LogP contribution in [0.1, 0.15) is 18.4 Å². The van der Waals surface area contributed by atoms with E-state index in [0.29, 0.717) is 18.7 Å². The predicted molar refractivity (Wildman–Crippen MR) is 87.0 cm³/mol. The fourth-order valence-electron chi connectivity index (χ4n) is 3.39. The summed E-state index contributed by atoms with van der Waals surface area (Å²) in [5, 5.41) is 0.275. The van der Waals surface area contributed by atoms with E-state index in [1.165, 1.54) is 22.5 Å². The first-order valence-corrected chi connectivity index (χ1v) is 9.03. The van der Waals surface area contributed by atoms with E-state index in [9.17, 15) is 12.8 Å². The van der Waals surface area contributed by atoms with E-state index in [2.05, 4.69) is 0 Å². The van der Waals surface area contributed by atoms with Gasteiger partial charge in [-0.25, -0.2) is 17.1 Å². The molecule has 3 rings (SSSR count). The monoisotopic (exact) mass is 368 g/mol. The molecule has 1 aliphatic heterocycles. The lowest BCUT2D eigenvalue weighted by Crippen LogP contribution is -2.50. The molecule has 0 radical (unpaired) electrons. The number of nitrogens with zero attached hydrogens (tertiary/aromatic N) is 1. The first kappa shape index (κ1) is 17.9. The van der Waals surface area contributed by atoms with E-state index < -0.39 is 15.8 Å². The topological polar surface area (TPSA) is 63.4 Å². The number of hydrogen-bond donors (Lipinski definition) is 1. The zero-order chi connectivity index (χ0) is 15.2. The maximum atomic E-state index is 13.3. The zero-order valence-electron chi connectivity index (χ0n) is 11.9. The molecule has 2 aliphatic rings. The van der Waals surface area contributed by atoms with Gasteiger partial charge in [-0.1, -0.05) is 11.6 Å². The van der Waals surface area contributed by atoms with Gasteiger partial charge in [0.05, 0.1) is 5.75 Å². The Balaban J connectivity index is 0.00000176. The Bertz CT molecular complexity index is 642. The number of halogens is 3. The molecule has 1 saturated heterocycles. The van der Waals surface area contributed by atoms with Crippen molar-refractivity contribution in [3.8, 4) is 0 Å². The lowest BCUT2D eigenvalue weighted by Gasteiger charge is -2.35. The van der Waals surface area contributed by atoms with Gasteiger partial charge in [0.1, 0.15) is 5.82 Å². The van der Waals surface area contributed by atoms with Gasteiger partial charge in [-0.2, -0.15) is 0 Å². The van der Waals surface area contributed by atoms with Gasteiger partial charge in [-0.3, -0.25) is 0 Å². The lowest BCUT2D eigenvalue weighted by molar-refractivity contribution is 0.228. The molecule has 1 unspecified atom stereocenters. The molecule has 0 aromatic heterocycles. The van der Waals surface area contributed by atoms with Crippen molar-refractivity contribution in [3.63, 3.8) is 0 Å². The smallest absolute Gasteiger partial charge is 0.218 e. The highest BCUT2D eigenvalue weighted by atomic mass is 35.5. The van der Waals surface area contributed by atoms with Crippen molar-refractivity contribution in [2.75, 3.05) is 13.1 Å². The Labute approximate surface area is 141 Å². The second-order valence-electron chi connectivity index (χ2n) is 5.98. The molecule has 4 nitrogen and oxygen atoms in total. The van der Waals surface area contributed by atoms with Gasteiger partial charge in [0.15, 0.2) is 0 Å². The zero-order valence-corrected chi connectivity index (χ0v) is 14.3. The van der Waals surface area contributed by atoms with E-state index in [1.807, 2.05) is 0 Å². The molecule has 2 bridgehead atoms. The summed E-state index contributed by atoms with van der Waals surface area (Å²) in [4.78, 5) is 0. The van der Waals surface area contributed by atoms with Crippen molar-refractivity contribution in [2.45, 2.75) is 24.6 Å². The van der Waals surface area contributed by atoms with Crippen LogP contribution < -0.4 is 5.73 Å². The second kappa shape index (κ2) is 6.61. The van der Waals surface area contributed by atoms with E-state index in [0.717, 1.165) is 12.8 Å². The van der Waals surface area contributed by atoms with E-state index in [1.54, 1.807) is 0 Å². The van der Waals surface area contributed by atoms with Crippen LogP contribution in [0.2, 0.25) is 5.02 Å². The van der Waals surface area contributed by atoms with Crippen molar-refractivity contribution < 1.29 is 12.8 Å². The average Bonchev–Trinajstić information content (AvgIpc) is 2.65. The summed E-state index contributed by atoms with van der Waals surface area (Å²) in [6, 6.07) is 3.90. The number of nitrogens with two attached hydrogens (primary N) is 1. The minimum absolute atomic E-state index is 0. The van der Waals surface area contributed by atoms with E-state index in [4.69, 9.17) is 17.3 Å². The number of piperidine rings is 1. The Morgan fingerprint density at radius 1 is 1.27 bits per heavy atom. The summed E-state index contributed by atoms with van der Waals surface area (Å²) in [6.45, 7) is 0.930. The molecule has 1 aliphatic carbocycles. The molecule has 124 valence electrons. The van der Waals surface area contributed by atoms with Gasteiger partial charge in [0.2, 0.25) is 10.0 Å². The van der Waals surface area contributed by atoms with Crippen LogP contribution in [-0.4, -0.2) is 31.9 Å². The quantitative estimate of drug-likeness (QED) is 0.890. The Kier molecular flexibility index (Phi) is 5.39. The fourth-order valence-corrected chi connectivity index (χ4v) is 5.31. The van der Waals surface area contributed by atoms with Crippen molar-refractivity contribution in [3.05, 3.63) is 34.6 Å². The Morgan fingerprint density at radius 2 is 1.86 bits per heavy atom. The third-order valence-electron chi connectivity index (χ3n) is 4.61. The third kappa shape index (κ3) is 3.41. The largest absolute Gasteiger partial charge is 0.327 e. The number of benzene rings is 1. The molecule has 1 saturated carbocycles. The van der Waals surface area contributed by atoms with Crippen molar-refractivity contribution >= 4 is 34.0 Å². The Hall–Kier alpha value is -0.400. The highest BCUT2D eigenvalue weighted by Crippen LogP contribution is 2.37. The van der Waals surface area contributed by atoms with Gasteiger partial charge in [0, 0.05) is 24.2 Å². The van der Waals surface area contributed by atoms with Crippen LogP contribution in [0.5, 0.6) is 0 Å². The third-order valence-corrected chi connectivity index (χ3v) is 6.74. The normalized spacial score (nSPS) is 28.4. The minimum Gasteiger partial charge on any atom is -0.327 e. The molecule has 2 N–H and O–H groups in total. The van der Waals surface area contributed by atoms with Gasteiger partial charge in [-0.05, 0) is 48.4 Å². The van der Waals surface area contributed by atoms with Crippen molar-refractivity contribution in [1.82, 2.24) is 4.31 Å². The van der Waals surface area contributed by atoms with Crippen LogP contribution in [0.15, 0.2) is 18.2 Å². The highest BCUT2D eigenvalue weighted by Gasteiger charge is 2.43. The fraction of sp³-hybridized carbons (Fsp3) is 0.571. The van der Waals surface area contributed by atoms with Crippen LogP contribution in [0.25, 0.3) is 0 Å². The standard InChI is InChI=1S/C14H18ClFN2O2S.ClH/c15-13-4-3-12(16)5-11(13)8-21(19,20)18-6-9-1-2-10(7-18)14(9)17;/h3-5,9-10,14H,1-2,6-8,17H2;1H/t9-,10+,14?;. The molecule has 0 spiro atoms. The molecule has 1 aromatic carbocycles. The summed E-state index contributed by atoms with van der Waals surface area (Å²) in [6.07, 6.45) is 1.97. The molecule has 22 heavy (non-hydrogen) atoms. The molecule has 8 heteroatoms. The molecule has 3 atom stereocenters. The van der Waals surface area contributed by atoms with Gasteiger partial charge in [-0.15, -0.1) is 12.4 Å². The average molecular weight is 369 g/mol. The molecule has 2 fully saturated rings. The summed E-state index contributed by atoms with van der Waals surface area (Å²) in [5.41, 5.74) is 6.40. The van der Waals surface area contributed by atoms with Gasteiger partial charge < -0.3 is 5.73 Å². The second-order valence-corrected chi connectivity index (χ2v) is 8.36. The maximum absolute atomic E-state index is 13.3. The van der Waals surface area contributed by atoms with Crippen LogP contribution in [0.4, 0.5) is 4.39 Å². The summed E-state index contributed by atoms with van der Waals surface area (Å²) >= 11 is 5.96. The van der Waals surface area contributed by atoms with E-state index in [-0.39, 0.29) is 41.1 Å². The van der Waals surface area contributed by atoms with Crippen molar-refractivity contribution in [2.24, 2.45) is 17.6 Å². The van der Waals surface area contributed by atoms with Crippen LogP contribution in [0, 0.1) is 17.7 Å². The molecule has 1 aromatic rings. The molecular weight excluding hydrogens is 350 g/mol. The minimum atomic E-state index is -3.50. The number of rotatable bonds is 3. The van der Waals surface area contributed by atoms with Crippen LogP contribution in [-0.2, 0) is 15.8 Å². The lowest BCUT2D eigenvalue weighted by atomic mass is 9.95. The van der Waals surface area contributed by atoms with E-state index >= 15 is 0 Å². The maximum Gasteiger partial charge on any atom is 0.218 e. The summed E-state index contributed by atoms with van der Waals surface area (Å²) in [7, 11) is -3.50. The molecular formula is C14H19Cl2FN2O2S.